The summed E-state index contributed by atoms with van der Waals surface area (Å²) in [5, 5.41) is 0. The summed E-state index contributed by atoms with van der Waals surface area (Å²) in [6.45, 7) is 12.3. The van der Waals surface area contributed by atoms with E-state index in [0.29, 0.717) is 12.8 Å². The van der Waals surface area contributed by atoms with Gasteiger partial charge in [0.15, 0.2) is 0 Å². The van der Waals surface area contributed by atoms with E-state index in [1.165, 1.54) is 5.56 Å². The van der Waals surface area contributed by atoms with Gasteiger partial charge in [-0.3, -0.25) is 4.79 Å². The van der Waals surface area contributed by atoms with Crippen molar-refractivity contribution < 1.29 is 14.1 Å². The second kappa shape index (κ2) is 5.71. The zero-order valence-electron chi connectivity index (χ0n) is 14.4. The van der Waals surface area contributed by atoms with Gasteiger partial charge in [0.1, 0.15) is 0 Å². The van der Waals surface area contributed by atoms with Crippen molar-refractivity contribution in [3.8, 4) is 0 Å². The van der Waals surface area contributed by atoms with E-state index in [4.69, 9.17) is 15.0 Å². The minimum absolute atomic E-state index is 0.270. The standard InChI is InChI=1S/C17H26BNO3/c1-11-9-13(10-12(2)14(11)7-8-15(19)20)18-21-16(3,4)17(5,6)22-18/h9-10H,7-8H2,1-6H3,(H2,19,20). The molecule has 0 aromatic heterocycles. The molecule has 0 radical (unpaired) electrons. The Morgan fingerprint density at radius 2 is 1.55 bits per heavy atom. The molecule has 0 spiro atoms. The Morgan fingerprint density at radius 1 is 1.09 bits per heavy atom. The smallest absolute Gasteiger partial charge is 0.399 e. The first-order chi connectivity index (χ1) is 10.0. The quantitative estimate of drug-likeness (QED) is 0.866. The average Bonchev–Trinajstić information content (AvgIpc) is 2.57. The molecular weight excluding hydrogens is 277 g/mol. The molecule has 120 valence electrons. The highest BCUT2D eigenvalue weighted by Gasteiger charge is 2.51. The predicted octanol–water partition coefficient (Wildman–Crippen LogP) is 2.02. The molecular formula is C17H26BNO3. The van der Waals surface area contributed by atoms with Crippen LogP contribution in [-0.4, -0.2) is 24.2 Å². The molecule has 1 aliphatic rings. The molecule has 2 N–H and O–H groups in total. The van der Waals surface area contributed by atoms with Gasteiger partial charge in [0.05, 0.1) is 11.2 Å². The Balaban J connectivity index is 2.26. The fourth-order valence-electron chi connectivity index (χ4n) is 2.78. The van der Waals surface area contributed by atoms with Crippen LogP contribution in [0.2, 0.25) is 0 Å². The first-order valence-corrected chi connectivity index (χ1v) is 7.77. The number of benzene rings is 1. The molecule has 1 aromatic rings. The van der Waals surface area contributed by atoms with Crippen molar-refractivity contribution in [1.29, 1.82) is 0 Å². The van der Waals surface area contributed by atoms with Gasteiger partial charge in [-0.05, 0) is 70.1 Å². The van der Waals surface area contributed by atoms with E-state index in [1.54, 1.807) is 0 Å². The normalized spacial score (nSPS) is 19.5. The monoisotopic (exact) mass is 303 g/mol. The molecule has 0 unspecified atom stereocenters. The molecule has 0 atom stereocenters. The topological polar surface area (TPSA) is 61.6 Å². The molecule has 5 heteroatoms. The van der Waals surface area contributed by atoms with Crippen LogP contribution in [0.15, 0.2) is 12.1 Å². The van der Waals surface area contributed by atoms with E-state index in [9.17, 15) is 4.79 Å². The van der Waals surface area contributed by atoms with Gasteiger partial charge < -0.3 is 15.0 Å². The molecule has 1 heterocycles. The lowest BCUT2D eigenvalue weighted by molar-refractivity contribution is -0.117. The molecule has 1 aliphatic heterocycles. The maximum Gasteiger partial charge on any atom is 0.494 e. The first-order valence-electron chi connectivity index (χ1n) is 7.77. The Morgan fingerprint density at radius 3 is 1.95 bits per heavy atom. The van der Waals surface area contributed by atoms with E-state index >= 15 is 0 Å². The lowest BCUT2D eigenvalue weighted by atomic mass is 9.76. The van der Waals surface area contributed by atoms with Crippen molar-refractivity contribution in [3.05, 3.63) is 28.8 Å². The van der Waals surface area contributed by atoms with Gasteiger partial charge >= 0.3 is 7.12 Å². The summed E-state index contributed by atoms with van der Waals surface area (Å²) in [5.41, 5.74) is 9.06. The summed E-state index contributed by atoms with van der Waals surface area (Å²) in [4.78, 5) is 11.0. The molecule has 2 rings (SSSR count). The molecule has 1 amide bonds. The zero-order chi connectivity index (χ0) is 16.7. The fraction of sp³-hybridized carbons (Fsp3) is 0.588. The summed E-state index contributed by atoms with van der Waals surface area (Å²) in [7, 11) is -0.354. The molecule has 0 aliphatic carbocycles. The van der Waals surface area contributed by atoms with Crippen LogP contribution in [0.25, 0.3) is 0 Å². The SMILES string of the molecule is Cc1cc(B2OC(C)(C)C(C)(C)O2)cc(C)c1CCC(N)=O. The van der Waals surface area contributed by atoms with Crippen LogP contribution in [-0.2, 0) is 20.5 Å². The third-order valence-corrected chi connectivity index (χ3v) is 4.87. The van der Waals surface area contributed by atoms with Crippen molar-refractivity contribution in [2.24, 2.45) is 5.73 Å². The number of nitrogens with two attached hydrogens (primary N) is 1. The number of aryl methyl sites for hydroxylation is 2. The summed E-state index contributed by atoms with van der Waals surface area (Å²) in [5.74, 6) is -0.270. The third kappa shape index (κ3) is 3.20. The van der Waals surface area contributed by atoms with Gasteiger partial charge in [-0.15, -0.1) is 0 Å². The summed E-state index contributed by atoms with van der Waals surface area (Å²) in [6, 6.07) is 4.18. The average molecular weight is 303 g/mol. The van der Waals surface area contributed by atoms with Crippen molar-refractivity contribution in [1.82, 2.24) is 0 Å². The predicted molar refractivity (Wildman–Crippen MR) is 89.1 cm³/mol. The first kappa shape index (κ1) is 17.0. The minimum atomic E-state index is -0.354. The van der Waals surface area contributed by atoms with Crippen LogP contribution >= 0.6 is 0 Å². The molecule has 1 fully saturated rings. The second-order valence-corrected chi connectivity index (χ2v) is 7.19. The van der Waals surface area contributed by atoms with E-state index in [2.05, 4.69) is 26.0 Å². The van der Waals surface area contributed by atoms with Crippen LogP contribution < -0.4 is 11.2 Å². The molecule has 0 saturated carbocycles. The fourth-order valence-corrected chi connectivity index (χ4v) is 2.78. The highest BCUT2D eigenvalue weighted by molar-refractivity contribution is 6.62. The largest absolute Gasteiger partial charge is 0.494 e. The highest BCUT2D eigenvalue weighted by atomic mass is 16.7. The molecule has 1 saturated heterocycles. The number of primary amides is 1. The second-order valence-electron chi connectivity index (χ2n) is 7.19. The van der Waals surface area contributed by atoms with Crippen molar-refractivity contribution in [3.63, 3.8) is 0 Å². The van der Waals surface area contributed by atoms with Crippen LogP contribution in [0.4, 0.5) is 0 Å². The Hall–Kier alpha value is -1.33. The van der Waals surface area contributed by atoms with Gasteiger partial charge in [-0.25, -0.2) is 0 Å². The summed E-state index contributed by atoms with van der Waals surface area (Å²) < 4.78 is 12.2. The van der Waals surface area contributed by atoms with Gasteiger partial charge in [-0.2, -0.15) is 0 Å². The third-order valence-electron chi connectivity index (χ3n) is 4.87. The highest BCUT2D eigenvalue weighted by Crippen LogP contribution is 2.36. The lowest BCUT2D eigenvalue weighted by Gasteiger charge is -2.32. The number of rotatable bonds is 4. The van der Waals surface area contributed by atoms with Gasteiger partial charge in [0, 0.05) is 6.42 Å². The Bertz CT molecular complexity index is 557. The van der Waals surface area contributed by atoms with E-state index in [-0.39, 0.29) is 24.2 Å². The van der Waals surface area contributed by atoms with Gasteiger partial charge in [0.25, 0.3) is 0 Å². The van der Waals surface area contributed by atoms with Crippen LogP contribution in [0.3, 0.4) is 0 Å². The minimum Gasteiger partial charge on any atom is -0.399 e. The van der Waals surface area contributed by atoms with Crippen molar-refractivity contribution in [2.45, 2.75) is 65.6 Å². The molecule has 0 bridgehead atoms. The lowest BCUT2D eigenvalue weighted by Crippen LogP contribution is -2.41. The van der Waals surface area contributed by atoms with E-state index in [1.807, 2.05) is 27.7 Å². The number of carbonyl (C=O) groups excluding carboxylic acids is 1. The van der Waals surface area contributed by atoms with Crippen LogP contribution in [0.5, 0.6) is 0 Å². The zero-order valence-corrected chi connectivity index (χ0v) is 14.4. The van der Waals surface area contributed by atoms with Crippen molar-refractivity contribution in [2.75, 3.05) is 0 Å². The number of hydrogen-bond acceptors (Lipinski definition) is 3. The van der Waals surface area contributed by atoms with Gasteiger partial charge in [-0.1, -0.05) is 12.1 Å². The van der Waals surface area contributed by atoms with Crippen LogP contribution in [0.1, 0.15) is 50.8 Å². The van der Waals surface area contributed by atoms with Crippen LogP contribution in [0, 0.1) is 13.8 Å². The number of carbonyl (C=O) groups is 1. The van der Waals surface area contributed by atoms with E-state index in [0.717, 1.165) is 16.6 Å². The Kier molecular flexibility index (Phi) is 4.42. The maximum absolute atomic E-state index is 11.0. The molecule has 4 nitrogen and oxygen atoms in total. The molecule has 1 aromatic carbocycles. The summed E-state index contributed by atoms with van der Waals surface area (Å²) in [6.07, 6.45) is 1.05. The Labute approximate surface area is 133 Å². The number of amides is 1. The number of hydrogen-bond donors (Lipinski definition) is 1. The maximum atomic E-state index is 11.0. The summed E-state index contributed by atoms with van der Waals surface area (Å²) >= 11 is 0. The molecule has 22 heavy (non-hydrogen) atoms. The van der Waals surface area contributed by atoms with Gasteiger partial charge in [0.2, 0.25) is 5.91 Å². The van der Waals surface area contributed by atoms with E-state index < -0.39 is 0 Å². The van der Waals surface area contributed by atoms with Crippen molar-refractivity contribution >= 4 is 18.5 Å².